The van der Waals surface area contributed by atoms with Gasteiger partial charge in [-0.3, -0.25) is 0 Å². The highest BCUT2D eigenvalue weighted by atomic mass is 16.3. The van der Waals surface area contributed by atoms with Crippen LogP contribution in [0, 0.1) is 0 Å². The first-order valence-electron chi connectivity index (χ1n) is 5.47. The van der Waals surface area contributed by atoms with Gasteiger partial charge in [-0.2, -0.15) is 5.21 Å². The lowest BCUT2D eigenvalue weighted by Gasteiger charge is -2.05. The molecule has 18 heavy (non-hydrogen) atoms. The van der Waals surface area contributed by atoms with E-state index in [1.165, 1.54) is 0 Å². The highest BCUT2D eigenvalue weighted by Crippen LogP contribution is 2.30. The van der Waals surface area contributed by atoms with E-state index in [0.717, 1.165) is 16.7 Å². The fraction of sp³-hybridized carbons (Fsp3) is 0. The Hall–Kier alpha value is -2.69. The smallest absolute Gasteiger partial charge is 0.204 e. The summed E-state index contributed by atoms with van der Waals surface area (Å²) >= 11 is 0. The first-order valence-corrected chi connectivity index (χ1v) is 5.47. The average Bonchev–Trinajstić information content (AvgIpc) is 2.93. The predicted molar refractivity (Wildman–Crippen MR) is 66.7 cm³/mol. The normalized spacial score (nSPS) is 10.4. The maximum atomic E-state index is 9.84. The van der Waals surface area contributed by atoms with Crippen LogP contribution in [0.15, 0.2) is 48.5 Å². The zero-order chi connectivity index (χ0) is 12.4. The summed E-state index contributed by atoms with van der Waals surface area (Å²) < 4.78 is 0. The number of benzene rings is 2. The van der Waals surface area contributed by atoms with E-state index in [1.807, 2.05) is 36.4 Å². The molecule has 1 aromatic heterocycles. The van der Waals surface area contributed by atoms with Crippen molar-refractivity contribution in [1.82, 2.24) is 20.6 Å². The molecule has 0 bridgehead atoms. The molecular formula is C13H10N4O. The number of H-pyrrole nitrogens is 1. The van der Waals surface area contributed by atoms with Crippen molar-refractivity contribution in [3.63, 3.8) is 0 Å². The third-order valence-corrected chi connectivity index (χ3v) is 2.68. The van der Waals surface area contributed by atoms with Crippen molar-refractivity contribution < 1.29 is 5.11 Å². The molecule has 0 atom stereocenters. The van der Waals surface area contributed by atoms with Crippen molar-refractivity contribution in [1.29, 1.82) is 0 Å². The second kappa shape index (κ2) is 4.29. The summed E-state index contributed by atoms with van der Waals surface area (Å²) in [6, 6.07) is 14.8. The van der Waals surface area contributed by atoms with Crippen molar-refractivity contribution in [2.75, 3.05) is 0 Å². The molecule has 0 radical (unpaired) electrons. The number of aromatic nitrogens is 4. The van der Waals surface area contributed by atoms with Crippen LogP contribution in [-0.2, 0) is 0 Å². The van der Waals surface area contributed by atoms with E-state index in [0.29, 0.717) is 5.82 Å². The number of aromatic amines is 1. The summed E-state index contributed by atoms with van der Waals surface area (Å²) in [5.74, 6) is 0.787. The number of phenolic OH excluding ortho intramolecular Hbond substituents is 1. The topological polar surface area (TPSA) is 74.7 Å². The molecule has 0 saturated heterocycles. The van der Waals surface area contributed by atoms with Gasteiger partial charge in [-0.15, -0.1) is 10.2 Å². The molecule has 3 aromatic rings. The Kier molecular flexibility index (Phi) is 2.49. The average molecular weight is 238 g/mol. The van der Waals surface area contributed by atoms with Crippen LogP contribution < -0.4 is 0 Å². The molecule has 1 heterocycles. The number of tetrazole rings is 1. The summed E-state index contributed by atoms with van der Waals surface area (Å²) in [6.45, 7) is 0. The fourth-order valence-corrected chi connectivity index (χ4v) is 1.83. The summed E-state index contributed by atoms with van der Waals surface area (Å²) in [4.78, 5) is 0. The molecule has 0 aliphatic carbocycles. The minimum absolute atomic E-state index is 0.253. The molecular weight excluding hydrogens is 228 g/mol. The fourth-order valence-electron chi connectivity index (χ4n) is 1.83. The quantitative estimate of drug-likeness (QED) is 0.718. The van der Waals surface area contributed by atoms with Gasteiger partial charge in [-0.1, -0.05) is 36.4 Å². The van der Waals surface area contributed by atoms with Gasteiger partial charge in [0.25, 0.3) is 0 Å². The van der Waals surface area contributed by atoms with Gasteiger partial charge in [0, 0.05) is 11.1 Å². The number of nitrogens with zero attached hydrogens (tertiary/aromatic N) is 3. The zero-order valence-electron chi connectivity index (χ0n) is 9.41. The van der Waals surface area contributed by atoms with E-state index in [9.17, 15) is 5.11 Å². The molecule has 0 unspecified atom stereocenters. The Labute approximate surface area is 103 Å². The molecule has 2 N–H and O–H groups in total. The molecule has 0 saturated carbocycles. The Bertz CT molecular complexity index is 664. The van der Waals surface area contributed by atoms with Crippen LogP contribution in [0.2, 0.25) is 0 Å². The molecule has 0 amide bonds. The second-order valence-corrected chi connectivity index (χ2v) is 3.83. The maximum Gasteiger partial charge on any atom is 0.204 e. The maximum absolute atomic E-state index is 9.84. The first-order chi connectivity index (χ1) is 8.84. The van der Waals surface area contributed by atoms with Crippen LogP contribution in [0.1, 0.15) is 0 Å². The Balaban J connectivity index is 2.10. The molecule has 5 heteroatoms. The minimum atomic E-state index is 0.253. The number of phenols is 1. The summed E-state index contributed by atoms with van der Waals surface area (Å²) in [6.07, 6.45) is 0. The predicted octanol–water partition coefficient (Wildman–Crippen LogP) is 2.24. The molecule has 0 fully saturated rings. The molecule has 88 valence electrons. The Morgan fingerprint density at radius 1 is 0.944 bits per heavy atom. The number of para-hydroxylation sites is 1. The number of aromatic hydroxyl groups is 1. The molecule has 2 aromatic carbocycles. The number of nitrogens with one attached hydrogen (secondary N) is 1. The van der Waals surface area contributed by atoms with Crippen LogP contribution >= 0.6 is 0 Å². The third kappa shape index (κ3) is 1.82. The van der Waals surface area contributed by atoms with Gasteiger partial charge in [0.2, 0.25) is 5.82 Å². The van der Waals surface area contributed by atoms with E-state index in [1.54, 1.807) is 12.1 Å². The Morgan fingerprint density at radius 3 is 2.56 bits per heavy atom. The summed E-state index contributed by atoms with van der Waals surface area (Å²) in [5.41, 5.74) is 2.54. The lowest BCUT2D eigenvalue weighted by Crippen LogP contribution is -1.84. The van der Waals surface area contributed by atoms with Gasteiger partial charge < -0.3 is 5.11 Å². The number of hydrogen-bond donors (Lipinski definition) is 2. The SMILES string of the molecule is Oc1ccccc1-c1cccc(-c2nn[nH]n2)c1. The van der Waals surface area contributed by atoms with Crippen molar-refractivity contribution in [3.05, 3.63) is 48.5 Å². The second-order valence-electron chi connectivity index (χ2n) is 3.83. The molecule has 0 aliphatic rings. The van der Waals surface area contributed by atoms with Gasteiger partial charge in [0.1, 0.15) is 5.75 Å². The van der Waals surface area contributed by atoms with Gasteiger partial charge in [0.05, 0.1) is 0 Å². The Morgan fingerprint density at radius 2 is 1.78 bits per heavy atom. The highest BCUT2D eigenvalue weighted by Gasteiger charge is 2.07. The van der Waals surface area contributed by atoms with E-state index in [2.05, 4.69) is 20.6 Å². The molecule has 0 spiro atoms. The van der Waals surface area contributed by atoms with Crippen molar-refractivity contribution in [2.45, 2.75) is 0 Å². The van der Waals surface area contributed by atoms with Crippen molar-refractivity contribution in [3.8, 4) is 28.3 Å². The van der Waals surface area contributed by atoms with Gasteiger partial charge >= 0.3 is 0 Å². The van der Waals surface area contributed by atoms with Crippen LogP contribution in [0.5, 0.6) is 5.75 Å². The largest absolute Gasteiger partial charge is 0.507 e. The summed E-state index contributed by atoms with van der Waals surface area (Å²) in [7, 11) is 0. The highest BCUT2D eigenvalue weighted by molar-refractivity contribution is 5.74. The van der Waals surface area contributed by atoms with Crippen molar-refractivity contribution in [2.24, 2.45) is 0 Å². The van der Waals surface area contributed by atoms with Crippen LogP contribution in [0.25, 0.3) is 22.5 Å². The van der Waals surface area contributed by atoms with Gasteiger partial charge in [0.15, 0.2) is 0 Å². The molecule has 0 aliphatic heterocycles. The number of rotatable bonds is 2. The van der Waals surface area contributed by atoms with Gasteiger partial charge in [-0.25, -0.2) is 0 Å². The summed E-state index contributed by atoms with van der Waals surface area (Å²) in [5, 5.41) is 23.7. The van der Waals surface area contributed by atoms with E-state index in [4.69, 9.17) is 0 Å². The van der Waals surface area contributed by atoms with Crippen LogP contribution in [-0.4, -0.2) is 25.7 Å². The standard InChI is InChI=1S/C13H10N4O/c18-12-7-2-1-6-11(12)9-4-3-5-10(8-9)13-14-16-17-15-13/h1-8,18H,(H,14,15,16,17). The lowest BCUT2D eigenvalue weighted by molar-refractivity contribution is 0.477. The van der Waals surface area contributed by atoms with E-state index >= 15 is 0 Å². The van der Waals surface area contributed by atoms with E-state index in [-0.39, 0.29) is 5.75 Å². The lowest BCUT2D eigenvalue weighted by atomic mass is 10.0. The van der Waals surface area contributed by atoms with Crippen LogP contribution in [0.4, 0.5) is 0 Å². The minimum Gasteiger partial charge on any atom is -0.507 e. The monoisotopic (exact) mass is 238 g/mol. The van der Waals surface area contributed by atoms with Crippen molar-refractivity contribution >= 4 is 0 Å². The number of hydrogen-bond acceptors (Lipinski definition) is 4. The van der Waals surface area contributed by atoms with Crippen LogP contribution in [0.3, 0.4) is 0 Å². The molecule has 5 nitrogen and oxygen atoms in total. The molecule has 3 rings (SSSR count). The van der Waals surface area contributed by atoms with E-state index < -0.39 is 0 Å². The first kappa shape index (κ1) is 10.5. The van der Waals surface area contributed by atoms with Gasteiger partial charge in [-0.05, 0) is 22.9 Å². The third-order valence-electron chi connectivity index (χ3n) is 2.68. The zero-order valence-corrected chi connectivity index (χ0v) is 9.41.